The maximum absolute atomic E-state index is 12.9. The highest BCUT2D eigenvalue weighted by molar-refractivity contribution is 7.89. The summed E-state index contributed by atoms with van der Waals surface area (Å²) in [4.78, 5) is 12.5. The van der Waals surface area contributed by atoms with Gasteiger partial charge in [0, 0.05) is 42.8 Å². The molecule has 1 heterocycles. The third-order valence-corrected chi connectivity index (χ3v) is 7.05. The molecule has 1 atom stereocenters. The minimum absolute atomic E-state index is 0.0826. The summed E-state index contributed by atoms with van der Waals surface area (Å²) >= 11 is 12.0. The first-order valence-electron chi connectivity index (χ1n) is 8.16. The van der Waals surface area contributed by atoms with Gasteiger partial charge in [0.2, 0.25) is 10.0 Å². The molecule has 2 aromatic rings. The van der Waals surface area contributed by atoms with Gasteiger partial charge in [0.05, 0.1) is 20.5 Å². The standard InChI is InChI=1S/C17H17Cl2N3O4S/c1-12-11-20(17-7-4-14(22(23)24)10-16(17)19)8-9-21(12)27(25,26)15-5-2-13(18)3-6-15/h2-7,10,12H,8-9,11H2,1H3/t12-/m1/s1. The van der Waals surface area contributed by atoms with E-state index < -0.39 is 14.9 Å². The van der Waals surface area contributed by atoms with Gasteiger partial charge in [-0.05, 0) is 37.3 Å². The Hall–Kier alpha value is -1.87. The van der Waals surface area contributed by atoms with Crippen molar-refractivity contribution in [2.45, 2.75) is 17.9 Å². The summed E-state index contributed by atoms with van der Waals surface area (Å²) in [5.41, 5.74) is 0.568. The van der Waals surface area contributed by atoms with Crippen LogP contribution in [0.5, 0.6) is 0 Å². The number of benzene rings is 2. The van der Waals surface area contributed by atoms with Crippen LogP contribution in [0, 0.1) is 10.1 Å². The maximum atomic E-state index is 12.9. The molecule has 0 amide bonds. The summed E-state index contributed by atoms with van der Waals surface area (Å²) < 4.78 is 27.3. The molecule has 27 heavy (non-hydrogen) atoms. The van der Waals surface area contributed by atoms with Gasteiger partial charge in [0.15, 0.2) is 0 Å². The maximum Gasteiger partial charge on any atom is 0.271 e. The molecular weight excluding hydrogens is 413 g/mol. The molecule has 0 aliphatic carbocycles. The first kappa shape index (κ1) is 19.9. The molecule has 0 saturated carbocycles. The van der Waals surface area contributed by atoms with E-state index in [2.05, 4.69) is 0 Å². The van der Waals surface area contributed by atoms with Crippen LogP contribution < -0.4 is 4.90 Å². The molecule has 0 bridgehead atoms. The van der Waals surface area contributed by atoms with Crippen LogP contribution in [-0.2, 0) is 10.0 Å². The average Bonchev–Trinajstić information content (AvgIpc) is 2.61. The summed E-state index contributed by atoms with van der Waals surface area (Å²) in [5, 5.41) is 11.6. The van der Waals surface area contributed by atoms with Crippen LogP contribution in [-0.4, -0.2) is 43.3 Å². The first-order valence-corrected chi connectivity index (χ1v) is 10.4. The van der Waals surface area contributed by atoms with Crippen molar-refractivity contribution >= 4 is 44.6 Å². The molecule has 0 unspecified atom stereocenters. The van der Waals surface area contributed by atoms with Crippen LogP contribution in [0.2, 0.25) is 10.0 Å². The van der Waals surface area contributed by atoms with E-state index in [0.717, 1.165) is 0 Å². The number of rotatable bonds is 4. The van der Waals surface area contributed by atoms with Crippen molar-refractivity contribution in [1.29, 1.82) is 0 Å². The van der Waals surface area contributed by atoms with Crippen molar-refractivity contribution in [2.75, 3.05) is 24.5 Å². The highest BCUT2D eigenvalue weighted by Gasteiger charge is 2.34. The van der Waals surface area contributed by atoms with E-state index in [1.54, 1.807) is 18.2 Å². The number of hydrogen-bond donors (Lipinski definition) is 0. The quantitative estimate of drug-likeness (QED) is 0.544. The number of nitro groups is 1. The Morgan fingerprint density at radius 3 is 2.33 bits per heavy atom. The van der Waals surface area contributed by atoms with Crippen molar-refractivity contribution < 1.29 is 13.3 Å². The number of hydrogen-bond acceptors (Lipinski definition) is 5. The second-order valence-corrected chi connectivity index (χ2v) is 8.99. The molecule has 1 aliphatic heterocycles. The van der Waals surface area contributed by atoms with Crippen LogP contribution in [0.1, 0.15) is 6.92 Å². The van der Waals surface area contributed by atoms with Crippen molar-refractivity contribution in [1.82, 2.24) is 4.31 Å². The number of sulfonamides is 1. The number of non-ortho nitro benzene ring substituents is 1. The molecule has 1 saturated heterocycles. The molecule has 0 N–H and O–H groups in total. The zero-order chi connectivity index (χ0) is 19.8. The molecule has 2 aromatic carbocycles. The van der Waals surface area contributed by atoms with E-state index in [1.165, 1.54) is 28.6 Å². The van der Waals surface area contributed by atoms with E-state index in [9.17, 15) is 18.5 Å². The van der Waals surface area contributed by atoms with Gasteiger partial charge in [0.25, 0.3) is 5.69 Å². The molecule has 0 aromatic heterocycles. The van der Waals surface area contributed by atoms with Crippen molar-refractivity contribution in [3.63, 3.8) is 0 Å². The number of anilines is 1. The molecule has 144 valence electrons. The Balaban J connectivity index is 1.80. The first-order chi connectivity index (χ1) is 12.7. The van der Waals surface area contributed by atoms with Crippen LogP contribution in [0.25, 0.3) is 0 Å². The van der Waals surface area contributed by atoms with E-state index in [-0.39, 0.29) is 28.2 Å². The van der Waals surface area contributed by atoms with E-state index in [0.29, 0.717) is 23.8 Å². The Morgan fingerprint density at radius 2 is 1.78 bits per heavy atom. The van der Waals surface area contributed by atoms with Gasteiger partial charge in [-0.3, -0.25) is 10.1 Å². The van der Waals surface area contributed by atoms with Crippen LogP contribution >= 0.6 is 23.2 Å². The van der Waals surface area contributed by atoms with Crippen molar-refractivity contribution in [3.8, 4) is 0 Å². The second kappa shape index (κ2) is 7.63. The zero-order valence-corrected chi connectivity index (χ0v) is 16.7. The lowest BCUT2D eigenvalue weighted by Gasteiger charge is -2.40. The Labute approximate surface area is 167 Å². The van der Waals surface area contributed by atoms with Crippen molar-refractivity contribution in [3.05, 3.63) is 62.6 Å². The van der Waals surface area contributed by atoms with Gasteiger partial charge in [-0.1, -0.05) is 23.2 Å². The van der Waals surface area contributed by atoms with Gasteiger partial charge in [-0.25, -0.2) is 8.42 Å². The molecule has 1 aliphatic rings. The summed E-state index contributed by atoms with van der Waals surface area (Å²) in [6.45, 7) is 2.94. The minimum Gasteiger partial charge on any atom is -0.367 e. The van der Waals surface area contributed by atoms with Gasteiger partial charge in [-0.2, -0.15) is 4.31 Å². The van der Waals surface area contributed by atoms with Gasteiger partial charge in [-0.15, -0.1) is 0 Å². The lowest BCUT2D eigenvalue weighted by atomic mass is 10.2. The van der Waals surface area contributed by atoms with Crippen LogP contribution in [0.3, 0.4) is 0 Å². The molecule has 3 rings (SSSR count). The fourth-order valence-corrected chi connectivity index (χ4v) is 5.16. The van der Waals surface area contributed by atoms with E-state index >= 15 is 0 Å². The van der Waals surface area contributed by atoms with Crippen LogP contribution in [0.4, 0.5) is 11.4 Å². The number of halogens is 2. The smallest absolute Gasteiger partial charge is 0.271 e. The lowest BCUT2D eigenvalue weighted by molar-refractivity contribution is -0.384. The fourth-order valence-electron chi connectivity index (χ4n) is 3.12. The third-order valence-electron chi connectivity index (χ3n) is 4.47. The molecule has 1 fully saturated rings. The van der Waals surface area contributed by atoms with Gasteiger partial charge in [0.1, 0.15) is 0 Å². The predicted molar refractivity (Wildman–Crippen MR) is 105 cm³/mol. The highest BCUT2D eigenvalue weighted by atomic mass is 35.5. The van der Waals surface area contributed by atoms with Gasteiger partial charge < -0.3 is 4.90 Å². The molecule has 10 heteroatoms. The number of nitrogens with zero attached hydrogens (tertiary/aromatic N) is 3. The SMILES string of the molecule is C[C@@H]1CN(c2ccc([N+](=O)[O-])cc2Cl)CCN1S(=O)(=O)c1ccc(Cl)cc1. The van der Waals surface area contributed by atoms with Gasteiger partial charge >= 0.3 is 0 Å². The lowest BCUT2D eigenvalue weighted by Crippen LogP contribution is -2.54. The largest absolute Gasteiger partial charge is 0.367 e. The highest BCUT2D eigenvalue weighted by Crippen LogP contribution is 2.32. The minimum atomic E-state index is -3.64. The molecule has 0 radical (unpaired) electrons. The number of nitro benzene ring substituents is 1. The van der Waals surface area contributed by atoms with Crippen molar-refractivity contribution in [2.24, 2.45) is 0 Å². The summed E-state index contributed by atoms with van der Waals surface area (Å²) in [6.07, 6.45) is 0. The monoisotopic (exact) mass is 429 g/mol. The Kier molecular flexibility index (Phi) is 5.62. The third kappa shape index (κ3) is 4.03. The molecular formula is C17H17Cl2N3O4S. The van der Waals surface area contributed by atoms with E-state index in [4.69, 9.17) is 23.2 Å². The Bertz CT molecular complexity index is 967. The molecule has 7 nitrogen and oxygen atoms in total. The topological polar surface area (TPSA) is 83.8 Å². The summed E-state index contributed by atoms with van der Waals surface area (Å²) in [5.74, 6) is 0. The predicted octanol–water partition coefficient (Wildman–Crippen LogP) is 3.80. The summed E-state index contributed by atoms with van der Waals surface area (Å²) in [7, 11) is -3.64. The average molecular weight is 430 g/mol. The second-order valence-electron chi connectivity index (χ2n) is 6.26. The van der Waals surface area contributed by atoms with E-state index in [1.807, 2.05) is 11.8 Å². The molecule has 0 spiro atoms. The normalized spacial score (nSPS) is 18.5. The fraction of sp³-hybridized carbons (Fsp3) is 0.294. The number of piperazine rings is 1. The zero-order valence-electron chi connectivity index (χ0n) is 14.4. The summed E-state index contributed by atoms with van der Waals surface area (Å²) in [6, 6.07) is 10.1. The van der Waals surface area contributed by atoms with Crippen LogP contribution in [0.15, 0.2) is 47.4 Å². The Morgan fingerprint density at radius 1 is 1.11 bits per heavy atom.